The van der Waals surface area contributed by atoms with Crippen LogP contribution in [0.4, 0.5) is 0 Å². The van der Waals surface area contributed by atoms with E-state index < -0.39 is 0 Å². The summed E-state index contributed by atoms with van der Waals surface area (Å²) in [5.74, 6) is -0.0182. The zero-order valence-corrected chi connectivity index (χ0v) is 12.0. The third kappa shape index (κ3) is 2.31. The van der Waals surface area contributed by atoms with Gasteiger partial charge in [0.15, 0.2) is 0 Å². The van der Waals surface area contributed by atoms with E-state index in [2.05, 4.69) is 15.4 Å². The van der Waals surface area contributed by atoms with Crippen molar-refractivity contribution in [3.63, 3.8) is 0 Å². The van der Waals surface area contributed by atoms with E-state index in [1.165, 1.54) is 0 Å². The molecule has 0 saturated heterocycles. The average molecular weight is 270 g/mol. The molecule has 2 aromatic heterocycles. The second-order valence-electron chi connectivity index (χ2n) is 5.35. The van der Waals surface area contributed by atoms with Crippen LogP contribution in [0.5, 0.6) is 0 Å². The molecule has 5 nitrogen and oxygen atoms in total. The van der Waals surface area contributed by atoms with Gasteiger partial charge in [0.05, 0.1) is 11.4 Å². The molecule has 1 amide bonds. The molecule has 0 bridgehead atoms. The van der Waals surface area contributed by atoms with Crippen molar-refractivity contribution in [1.29, 1.82) is 0 Å². The molecular formula is C15H18N4O. The zero-order chi connectivity index (χ0) is 14.3. The first-order valence-corrected chi connectivity index (χ1v) is 6.83. The van der Waals surface area contributed by atoms with Gasteiger partial charge in [0, 0.05) is 36.1 Å². The van der Waals surface area contributed by atoms with E-state index in [0.717, 1.165) is 35.5 Å². The van der Waals surface area contributed by atoms with Crippen molar-refractivity contribution in [2.24, 2.45) is 7.05 Å². The summed E-state index contributed by atoms with van der Waals surface area (Å²) in [6.45, 7) is 3.97. The lowest BCUT2D eigenvalue weighted by Gasteiger charge is -2.06. The highest BCUT2D eigenvalue weighted by Crippen LogP contribution is 2.25. The Bertz CT molecular complexity index is 671. The predicted octanol–water partition coefficient (Wildman–Crippen LogP) is 1.99. The van der Waals surface area contributed by atoms with E-state index in [1.807, 2.05) is 31.6 Å². The first kappa shape index (κ1) is 12.8. The third-order valence-corrected chi connectivity index (χ3v) is 3.70. The van der Waals surface area contributed by atoms with Crippen molar-refractivity contribution in [3.05, 3.63) is 35.3 Å². The van der Waals surface area contributed by atoms with Gasteiger partial charge in [-0.1, -0.05) is 0 Å². The molecule has 0 unspecified atom stereocenters. The molecule has 0 aromatic carbocycles. The third-order valence-electron chi connectivity index (χ3n) is 3.70. The van der Waals surface area contributed by atoms with Crippen LogP contribution in [0.1, 0.15) is 34.6 Å². The minimum Gasteiger partial charge on any atom is -0.349 e. The van der Waals surface area contributed by atoms with Gasteiger partial charge in [-0.15, -0.1) is 0 Å². The van der Waals surface area contributed by atoms with Gasteiger partial charge in [0.2, 0.25) is 0 Å². The second-order valence-corrected chi connectivity index (χ2v) is 5.35. The van der Waals surface area contributed by atoms with Gasteiger partial charge in [-0.3, -0.25) is 14.5 Å². The number of hydrogen-bond acceptors (Lipinski definition) is 3. The van der Waals surface area contributed by atoms with E-state index in [-0.39, 0.29) is 5.91 Å². The van der Waals surface area contributed by atoms with Crippen LogP contribution < -0.4 is 5.32 Å². The maximum Gasteiger partial charge on any atom is 0.251 e. The number of aromatic nitrogens is 3. The Kier molecular flexibility index (Phi) is 3.04. The largest absolute Gasteiger partial charge is 0.349 e. The van der Waals surface area contributed by atoms with E-state index in [9.17, 15) is 4.79 Å². The molecular weight excluding hydrogens is 252 g/mol. The van der Waals surface area contributed by atoms with Crippen molar-refractivity contribution in [2.45, 2.75) is 32.7 Å². The Morgan fingerprint density at radius 1 is 1.40 bits per heavy atom. The molecule has 0 spiro atoms. The molecule has 1 aliphatic rings. The molecule has 0 radical (unpaired) electrons. The highest BCUT2D eigenvalue weighted by molar-refractivity contribution is 5.95. The molecule has 0 atom stereocenters. The van der Waals surface area contributed by atoms with Crippen molar-refractivity contribution < 1.29 is 4.79 Å². The van der Waals surface area contributed by atoms with Crippen LogP contribution in [0, 0.1) is 13.8 Å². The number of nitrogens with one attached hydrogen (secondary N) is 1. The van der Waals surface area contributed by atoms with Gasteiger partial charge in [-0.25, -0.2) is 0 Å². The number of amides is 1. The van der Waals surface area contributed by atoms with Gasteiger partial charge in [0.1, 0.15) is 0 Å². The Morgan fingerprint density at radius 3 is 2.75 bits per heavy atom. The average Bonchev–Trinajstić information content (AvgIpc) is 3.18. The minimum absolute atomic E-state index is 0.0182. The normalized spacial score (nSPS) is 14.3. The van der Waals surface area contributed by atoms with Gasteiger partial charge >= 0.3 is 0 Å². The number of carbonyl (C=O) groups excluding carboxylic acids is 1. The van der Waals surface area contributed by atoms with E-state index >= 15 is 0 Å². The lowest BCUT2D eigenvalue weighted by molar-refractivity contribution is 0.0951. The molecule has 1 saturated carbocycles. The van der Waals surface area contributed by atoms with Crippen LogP contribution >= 0.6 is 0 Å². The Balaban J connectivity index is 1.96. The van der Waals surface area contributed by atoms with Crippen molar-refractivity contribution in [2.75, 3.05) is 0 Å². The van der Waals surface area contributed by atoms with Crippen LogP contribution in [-0.2, 0) is 7.05 Å². The Morgan fingerprint density at radius 2 is 2.15 bits per heavy atom. The molecule has 2 aromatic rings. The fourth-order valence-corrected chi connectivity index (χ4v) is 2.35. The quantitative estimate of drug-likeness (QED) is 0.928. The Labute approximate surface area is 118 Å². The van der Waals surface area contributed by atoms with Gasteiger partial charge in [0.25, 0.3) is 5.91 Å². The lowest BCUT2D eigenvalue weighted by atomic mass is 10.1. The number of hydrogen-bond donors (Lipinski definition) is 1. The van der Waals surface area contributed by atoms with Gasteiger partial charge in [-0.05, 0) is 38.8 Å². The fraction of sp³-hybridized carbons (Fsp3) is 0.400. The highest BCUT2D eigenvalue weighted by Gasteiger charge is 2.24. The molecule has 1 aliphatic carbocycles. The van der Waals surface area contributed by atoms with Crippen LogP contribution in [0.25, 0.3) is 11.3 Å². The molecule has 2 heterocycles. The lowest BCUT2D eigenvalue weighted by Crippen LogP contribution is -2.25. The Hall–Kier alpha value is -2.17. The van der Waals surface area contributed by atoms with E-state index in [1.54, 1.807) is 12.3 Å². The summed E-state index contributed by atoms with van der Waals surface area (Å²) in [6.07, 6.45) is 3.86. The summed E-state index contributed by atoms with van der Waals surface area (Å²) in [5.41, 5.74) is 4.45. The maximum absolute atomic E-state index is 12.1. The predicted molar refractivity (Wildman–Crippen MR) is 76.4 cm³/mol. The first-order valence-electron chi connectivity index (χ1n) is 6.83. The van der Waals surface area contributed by atoms with Crippen molar-refractivity contribution in [3.8, 4) is 11.3 Å². The minimum atomic E-state index is -0.0182. The highest BCUT2D eigenvalue weighted by atomic mass is 16.1. The van der Waals surface area contributed by atoms with E-state index in [4.69, 9.17) is 0 Å². The first-order chi connectivity index (χ1) is 9.56. The molecule has 104 valence electrons. The summed E-state index contributed by atoms with van der Waals surface area (Å²) in [5, 5.41) is 7.39. The SMILES string of the molecule is Cc1nn(C)c(C)c1-c1cc(C(=O)NC2CC2)ccn1. The maximum atomic E-state index is 12.1. The molecule has 5 heteroatoms. The topological polar surface area (TPSA) is 59.8 Å². The van der Waals surface area contributed by atoms with Crippen LogP contribution in [-0.4, -0.2) is 26.7 Å². The smallest absolute Gasteiger partial charge is 0.251 e. The molecule has 1 N–H and O–H groups in total. The number of carbonyl (C=O) groups is 1. The number of pyridine rings is 1. The van der Waals surface area contributed by atoms with Gasteiger partial charge < -0.3 is 5.32 Å². The van der Waals surface area contributed by atoms with Crippen LogP contribution in [0.3, 0.4) is 0 Å². The number of nitrogens with zero attached hydrogens (tertiary/aromatic N) is 3. The van der Waals surface area contributed by atoms with E-state index in [0.29, 0.717) is 11.6 Å². The molecule has 0 aliphatic heterocycles. The monoisotopic (exact) mass is 270 g/mol. The number of rotatable bonds is 3. The van der Waals surface area contributed by atoms with Gasteiger partial charge in [-0.2, -0.15) is 5.10 Å². The number of aryl methyl sites for hydroxylation is 2. The van der Waals surface area contributed by atoms with Crippen LogP contribution in [0.2, 0.25) is 0 Å². The summed E-state index contributed by atoms with van der Waals surface area (Å²) >= 11 is 0. The molecule has 20 heavy (non-hydrogen) atoms. The second kappa shape index (κ2) is 4.74. The zero-order valence-electron chi connectivity index (χ0n) is 12.0. The standard InChI is InChI=1S/C15H18N4O/c1-9-14(10(2)19(3)18-9)13-8-11(6-7-16-13)15(20)17-12-4-5-12/h6-8,12H,4-5H2,1-3H3,(H,17,20). The molecule has 3 rings (SSSR count). The summed E-state index contributed by atoms with van der Waals surface area (Å²) in [6, 6.07) is 3.96. The van der Waals surface area contributed by atoms with Crippen molar-refractivity contribution >= 4 is 5.91 Å². The summed E-state index contributed by atoms with van der Waals surface area (Å²) in [7, 11) is 1.91. The summed E-state index contributed by atoms with van der Waals surface area (Å²) in [4.78, 5) is 16.5. The summed E-state index contributed by atoms with van der Waals surface area (Å²) < 4.78 is 1.84. The molecule has 1 fully saturated rings. The van der Waals surface area contributed by atoms with Crippen molar-refractivity contribution in [1.82, 2.24) is 20.1 Å². The fourth-order valence-electron chi connectivity index (χ4n) is 2.35. The van der Waals surface area contributed by atoms with Crippen LogP contribution in [0.15, 0.2) is 18.3 Å².